The summed E-state index contributed by atoms with van der Waals surface area (Å²) in [5.74, 6) is 1.37. The summed E-state index contributed by atoms with van der Waals surface area (Å²) in [6, 6.07) is 0.295. The lowest BCUT2D eigenvalue weighted by atomic mass is 10.3. The van der Waals surface area contributed by atoms with E-state index in [0.717, 1.165) is 18.7 Å². The highest BCUT2D eigenvalue weighted by Crippen LogP contribution is 2.09. The van der Waals surface area contributed by atoms with Crippen LogP contribution in [0.1, 0.15) is 39.1 Å². The molecule has 0 aromatic carbocycles. The Morgan fingerprint density at radius 1 is 1.50 bits per heavy atom. The maximum atomic E-state index is 5.66. The van der Waals surface area contributed by atoms with Gasteiger partial charge in [0.05, 0.1) is 6.04 Å². The van der Waals surface area contributed by atoms with Crippen molar-refractivity contribution < 1.29 is 0 Å². The van der Waals surface area contributed by atoms with Gasteiger partial charge in [0.25, 0.3) is 0 Å². The molecule has 0 saturated heterocycles. The lowest BCUT2D eigenvalue weighted by Gasteiger charge is -2.04. The molecule has 0 aliphatic rings. The largest absolute Gasteiger partial charge is 0.368 e. The van der Waals surface area contributed by atoms with E-state index in [9.17, 15) is 0 Å². The number of nitrogen functional groups attached to an aromatic ring is 1. The molecule has 1 rings (SSSR count). The van der Waals surface area contributed by atoms with E-state index in [1.807, 2.05) is 13.8 Å². The van der Waals surface area contributed by atoms with E-state index in [1.54, 1.807) is 4.68 Å². The second kappa shape index (κ2) is 3.56. The molecule has 1 aromatic heterocycles. The van der Waals surface area contributed by atoms with Gasteiger partial charge in [-0.1, -0.05) is 6.92 Å². The van der Waals surface area contributed by atoms with Crippen molar-refractivity contribution in [3.05, 3.63) is 5.82 Å². The zero-order valence-corrected chi connectivity index (χ0v) is 7.91. The highest BCUT2D eigenvalue weighted by Gasteiger charge is 2.07. The molecule has 4 heteroatoms. The van der Waals surface area contributed by atoms with Crippen molar-refractivity contribution in [1.82, 2.24) is 14.8 Å². The Labute approximate surface area is 72.8 Å². The van der Waals surface area contributed by atoms with E-state index in [2.05, 4.69) is 17.0 Å². The monoisotopic (exact) mass is 168 g/mol. The highest BCUT2D eigenvalue weighted by molar-refractivity contribution is 5.16. The Balaban J connectivity index is 2.85. The fourth-order valence-electron chi connectivity index (χ4n) is 1.09. The van der Waals surface area contributed by atoms with Crippen molar-refractivity contribution in [3.8, 4) is 0 Å². The van der Waals surface area contributed by atoms with Crippen LogP contribution in [-0.4, -0.2) is 14.8 Å². The first kappa shape index (κ1) is 9.03. The third-order valence-electron chi connectivity index (χ3n) is 1.66. The molecule has 0 saturated carbocycles. The predicted molar refractivity (Wildman–Crippen MR) is 48.8 cm³/mol. The summed E-state index contributed by atoms with van der Waals surface area (Å²) in [6.07, 6.45) is 1.96. The summed E-state index contributed by atoms with van der Waals surface area (Å²) in [5.41, 5.74) is 5.66. The van der Waals surface area contributed by atoms with Crippen LogP contribution in [0.15, 0.2) is 0 Å². The molecule has 0 amide bonds. The van der Waals surface area contributed by atoms with Gasteiger partial charge in [-0.15, -0.1) is 0 Å². The molecule has 0 atom stereocenters. The van der Waals surface area contributed by atoms with Crippen molar-refractivity contribution in [2.75, 3.05) is 5.73 Å². The Morgan fingerprint density at radius 3 is 2.58 bits per heavy atom. The van der Waals surface area contributed by atoms with Crippen LogP contribution < -0.4 is 5.73 Å². The molecule has 4 nitrogen and oxygen atoms in total. The molecule has 2 N–H and O–H groups in total. The van der Waals surface area contributed by atoms with Crippen molar-refractivity contribution in [3.63, 3.8) is 0 Å². The van der Waals surface area contributed by atoms with Crippen LogP contribution >= 0.6 is 0 Å². The van der Waals surface area contributed by atoms with Crippen LogP contribution in [0.2, 0.25) is 0 Å². The van der Waals surface area contributed by atoms with E-state index in [4.69, 9.17) is 5.73 Å². The van der Waals surface area contributed by atoms with E-state index in [-0.39, 0.29) is 0 Å². The number of rotatable bonds is 3. The Kier molecular flexibility index (Phi) is 2.68. The van der Waals surface area contributed by atoms with Gasteiger partial charge in [-0.25, -0.2) is 4.68 Å². The van der Waals surface area contributed by atoms with Crippen molar-refractivity contribution >= 4 is 5.95 Å². The molecule has 0 radical (unpaired) electrons. The zero-order valence-electron chi connectivity index (χ0n) is 7.91. The average Bonchev–Trinajstić information content (AvgIpc) is 2.32. The third kappa shape index (κ3) is 1.75. The minimum absolute atomic E-state index is 0.295. The van der Waals surface area contributed by atoms with Crippen LogP contribution in [0.3, 0.4) is 0 Å². The van der Waals surface area contributed by atoms with Gasteiger partial charge in [-0.05, 0) is 20.3 Å². The molecular formula is C8H16N4. The van der Waals surface area contributed by atoms with Crippen molar-refractivity contribution in [1.29, 1.82) is 0 Å². The lowest BCUT2D eigenvalue weighted by molar-refractivity contribution is 0.533. The van der Waals surface area contributed by atoms with Crippen LogP contribution in [0.4, 0.5) is 5.95 Å². The van der Waals surface area contributed by atoms with Gasteiger partial charge in [0.15, 0.2) is 5.82 Å². The first-order valence-electron chi connectivity index (χ1n) is 4.36. The van der Waals surface area contributed by atoms with Crippen molar-refractivity contribution in [2.24, 2.45) is 0 Å². The molecule has 0 bridgehead atoms. The number of hydrogen-bond donors (Lipinski definition) is 1. The Hall–Kier alpha value is -1.06. The molecule has 1 aromatic rings. The Morgan fingerprint density at radius 2 is 2.17 bits per heavy atom. The number of aryl methyl sites for hydroxylation is 1. The standard InChI is InChI=1S/C8H16N4/c1-4-5-7-10-8(9)12(11-7)6(2)3/h6H,4-5H2,1-3H3,(H2,9,10,11). The van der Waals surface area contributed by atoms with Gasteiger partial charge in [0.2, 0.25) is 5.95 Å². The summed E-state index contributed by atoms with van der Waals surface area (Å²) in [5, 5.41) is 4.28. The van der Waals surface area contributed by atoms with E-state index in [0.29, 0.717) is 12.0 Å². The first-order chi connectivity index (χ1) is 5.65. The molecular weight excluding hydrogens is 152 g/mol. The third-order valence-corrected chi connectivity index (χ3v) is 1.66. The zero-order chi connectivity index (χ0) is 9.14. The summed E-state index contributed by atoms with van der Waals surface area (Å²) in [6.45, 7) is 6.19. The number of nitrogens with two attached hydrogens (primary N) is 1. The lowest BCUT2D eigenvalue weighted by Crippen LogP contribution is -2.07. The second-order valence-electron chi connectivity index (χ2n) is 3.17. The maximum absolute atomic E-state index is 5.66. The van der Waals surface area contributed by atoms with Crippen molar-refractivity contribution in [2.45, 2.75) is 39.7 Å². The molecule has 1 heterocycles. The normalized spacial score (nSPS) is 11.0. The van der Waals surface area contributed by atoms with Crippen LogP contribution in [0.25, 0.3) is 0 Å². The van der Waals surface area contributed by atoms with Crippen LogP contribution in [0, 0.1) is 0 Å². The quantitative estimate of drug-likeness (QED) is 0.742. The molecule has 0 unspecified atom stereocenters. The summed E-state index contributed by atoms with van der Waals surface area (Å²) in [7, 11) is 0. The van der Waals surface area contributed by atoms with Gasteiger partial charge in [0.1, 0.15) is 0 Å². The number of anilines is 1. The highest BCUT2D eigenvalue weighted by atomic mass is 15.4. The summed E-state index contributed by atoms with van der Waals surface area (Å²) < 4.78 is 1.75. The predicted octanol–water partition coefficient (Wildman–Crippen LogP) is 1.39. The fourth-order valence-corrected chi connectivity index (χ4v) is 1.09. The minimum Gasteiger partial charge on any atom is -0.368 e. The van der Waals surface area contributed by atoms with Crippen LogP contribution in [0.5, 0.6) is 0 Å². The van der Waals surface area contributed by atoms with Gasteiger partial charge in [-0.3, -0.25) is 0 Å². The molecule has 0 aliphatic carbocycles. The van der Waals surface area contributed by atoms with Gasteiger partial charge in [0, 0.05) is 6.42 Å². The van der Waals surface area contributed by atoms with E-state index in [1.165, 1.54) is 0 Å². The topological polar surface area (TPSA) is 56.7 Å². The van der Waals surface area contributed by atoms with Gasteiger partial charge >= 0.3 is 0 Å². The van der Waals surface area contributed by atoms with Gasteiger partial charge < -0.3 is 5.73 Å². The minimum atomic E-state index is 0.295. The van der Waals surface area contributed by atoms with E-state index < -0.39 is 0 Å². The number of nitrogens with zero attached hydrogens (tertiary/aromatic N) is 3. The second-order valence-corrected chi connectivity index (χ2v) is 3.17. The fraction of sp³-hybridized carbons (Fsp3) is 0.750. The molecule has 68 valence electrons. The maximum Gasteiger partial charge on any atom is 0.218 e. The van der Waals surface area contributed by atoms with Crippen LogP contribution in [-0.2, 0) is 6.42 Å². The number of aromatic nitrogens is 3. The first-order valence-corrected chi connectivity index (χ1v) is 4.36. The number of hydrogen-bond acceptors (Lipinski definition) is 3. The van der Waals surface area contributed by atoms with E-state index >= 15 is 0 Å². The average molecular weight is 168 g/mol. The SMILES string of the molecule is CCCc1nc(N)n(C(C)C)n1. The smallest absolute Gasteiger partial charge is 0.218 e. The molecule has 0 spiro atoms. The summed E-state index contributed by atoms with van der Waals surface area (Å²) in [4.78, 5) is 4.15. The van der Waals surface area contributed by atoms with Gasteiger partial charge in [-0.2, -0.15) is 10.1 Å². The molecule has 12 heavy (non-hydrogen) atoms. The Bertz CT molecular complexity index is 252. The molecule has 0 fully saturated rings. The molecule has 0 aliphatic heterocycles. The summed E-state index contributed by atoms with van der Waals surface area (Å²) >= 11 is 0.